The SMILES string of the molecule is O=C(NCc1ccc(F)cc1)[C@H]1CCCN(C2CCN(C(=O)C3CC3)CC2)C1. The predicted molar refractivity (Wildman–Crippen MR) is 105 cm³/mol. The Kier molecular flexibility index (Phi) is 5.95. The summed E-state index contributed by atoms with van der Waals surface area (Å²) in [6.07, 6.45) is 6.13. The number of hydrogen-bond donors (Lipinski definition) is 1. The quantitative estimate of drug-likeness (QED) is 0.845. The molecule has 0 spiro atoms. The first-order chi connectivity index (χ1) is 13.6. The van der Waals surface area contributed by atoms with Gasteiger partial charge >= 0.3 is 0 Å². The highest BCUT2D eigenvalue weighted by atomic mass is 19.1. The summed E-state index contributed by atoms with van der Waals surface area (Å²) >= 11 is 0. The molecule has 0 unspecified atom stereocenters. The minimum Gasteiger partial charge on any atom is -0.352 e. The van der Waals surface area contributed by atoms with E-state index >= 15 is 0 Å². The summed E-state index contributed by atoms with van der Waals surface area (Å²) < 4.78 is 13.0. The van der Waals surface area contributed by atoms with E-state index < -0.39 is 0 Å². The van der Waals surface area contributed by atoms with Crippen LogP contribution in [0, 0.1) is 17.7 Å². The third-order valence-corrected chi connectivity index (χ3v) is 6.42. The number of nitrogens with one attached hydrogen (secondary N) is 1. The van der Waals surface area contributed by atoms with Crippen LogP contribution in [0.4, 0.5) is 4.39 Å². The molecule has 2 aliphatic heterocycles. The van der Waals surface area contributed by atoms with E-state index in [0.29, 0.717) is 24.4 Å². The molecule has 28 heavy (non-hydrogen) atoms. The maximum absolute atomic E-state index is 13.0. The van der Waals surface area contributed by atoms with Gasteiger partial charge in [0.25, 0.3) is 0 Å². The molecular formula is C22H30FN3O2. The molecule has 1 atom stereocenters. The first-order valence-electron chi connectivity index (χ1n) is 10.6. The Morgan fingerprint density at radius 2 is 1.68 bits per heavy atom. The molecule has 1 aliphatic carbocycles. The number of carbonyl (C=O) groups excluding carboxylic acids is 2. The highest BCUT2D eigenvalue weighted by molar-refractivity contribution is 5.81. The van der Waals surface area contributed by atoms with Gasteiger partial charge in [0.1, 0.15) is 5.82 Å². The average Bonchev–Trinajstić information content (AvgIpc) is 3.58. The lowest BCUT2D eigenvalue weighted by Gasteiger charge is -2.42. The van der Waals surface area contributed by atoms with Crippen molar-refractivity contribution in [3.63, 3.8) is 0 Å². The number of nitrogens with zero attached hydrogens (tertiary/aromatic N) is 2. The van der Waals surface area contributed by atoms with Crippen LogP contribution in [0.25, 0.3) is 0 Å². The lowest BCUT2D eigenvalue weighted by atomic mass is 9.93. The molecule has 1 aromatic carbocycles. The Labute approximate surface area is 166 Å². The monoisotopic (exact) mass is 387 g/mol. The molecule has 4 rings (SSSR count). The van der Waals surface area contributed by atoms with Crippen LogP contribution in [0.2, 0.25) is 0 Å². The molecule has 3 aliphatic rings. The second kappa shape index (κ2) is 8.60. The smallest absolute Gasteiger partial charge is 0.225 e. The highest BCUT2D eigenvalue weighted by Crippen LogP contribution is 2.32. The van der Waals surface area contributed by atoms with Gasteiger partial charge in [-0.1, -0.05) is 12.1 Å². The van der Waals surface area contributed by atoms with Crippen molar-refractivity contribution in [2.45, 2.75) is 51.1 Å². The van der Waals surface area contributed by atoms with Gasteiger partial charge in [0, 0.05) is 38.1 Å². The minimum absolute atomic E-state index is 0.0142. The molecule has 0 radical (unpaired) electrons. The summed E-state index contributed by atoms with van der Waals surface area (Å²) in [5.41, 5.74) is 0.912. The van der Waals surface area contributed by atoms with Gasteiger partial charge < -0.3 is 10.2 Å². The molecular weight excluding hydrogens is 357 g/mol. The van der Waals surface area contributed by atoms with Crippen LogP contribution in [0.15, 0.2) is 24.3 Å². The Balaban J connectivity index is 1.24. The summed E-state index contributed by atoms with van der Waals surface area (Å²) in [7, 11) is 0. The molecule has 2 saturated heterocycles. The van der Waals surface area contributed by atoms with Crippen LogP contribution in [-0.2, 0) is 16.1 Å². The van der Waals surface area contributed by atoms with Crippen LogP contribution in [-0.4, -0.2) is 53.8 Å². The van der Waals surface area contributed by atoms with Gasteiger partial charge in [0.05, 0.1) is 5.92 Å². The maximum Gasteiger partial charge on any atom is 0.225 e. The zero-order valence-electron chi connectivity index (χ0n) is 16.4. The highest BCUT2D eigenvalue weighted by Gasteiger charge is 2.37. The number of carbonyl (C=O) groups is 2. The Hall–Kier alpha value is -1.95. The molecule has 152 valence electrons. The second-order valence-electron chi connectivity index (χ2n) is 8.51. The van der Waals surface area contributed by atoms with Crippen molar-refractivity contribution in [1.29, 1.82) is 0 Å². The molecule has 1 N–H and O–H groups in total. The number of amides is 2. The van der Waals surface area contributed by atoms with Crippen molar-refractivity contribution in [2.24, 2.45) is 11.8 Å². The van der Waals surface area contributed by atoms with Crippen molar-refractivity contribution in [3.8, 4) is 0 Å². The minimum atomic E-state index is -0.261. The number of hydrogen-bond acceptors (Lipinski definition) is 3. The summed E-state index contributed by atoms with van der Waals surface area (Å²) in [4.78, 5) is 29.4. The number of benzene rings is 1. The van der Waals surface area contributed by atoms with E-state index in [1.807, 2.05) is 4.90 Å². The lowest BCUT2D eigenvalue weighted by molar-refractivity contribution is -0.134. The fraction of sp³-hybridized carbons (Fsp3) is 0.636. The molecule has 1 saturated carbocycles. The van der Waals surface area contributed by atoms with Crippen molar-refractivity contribution < 1.29 is 14.0 Å². The predicted octanol–water partition coefficient (Wildman–Crippen LogP) is 2.55. The first-order valence-corrected chi connectivity index (χ1v) is 10.6. The zero-order chi connectivity index (χ0) is 19.5. The molecule has 1 aromatic rings. The fourth-order valence-corrected chi connectivity index (χ4v) is 4.53. The van der Waals surface area contributed by atoms with Gasteiger partial charge in [0.2, 0.25) is 11.8 Å². The Morgan fingerprint density at radius 1 is 0.964 bits per heavy atom. The largest absolute Gasteiger partial charge is 0.352 e. The lowest BCUT2D eigenvalue weighted by Crippen LogP contribution is -2.51. The van der Waals surface area contributed by atoms with Gasteiger partial charge in [-0.15, -0.1) is 0 Å². The van der Waals surface area contributed by atoms with Crippen molar-refractivity contribution in [1.82, 2.24) is 15.1 Å². The molecule has 6 heteroatoms. The van der Waals surface area contributed by atoms with Gasteiger partial charge in [-0.25, -0.2) is 4.39 Å². The van der Waals surface area contributed by atoms with E-state index in [9.17, 15) is 14.0 Å². The van der Waals surface area contributed by atoms with Crippen LogP contribution in [0.1, 0.15) is 44.1 Å². The van der Waals surface area contributed by atoms with Crippen molar-refractivity contribution in [3.05, 3.63) is 35.6 Å². The van der Waals surface area contributed by atoms with E-state index in [4.69, 9.17) is 0 Å². The number of likely N-dealkylation sites (tertiary alicyclic amines) is 2. The van der Waals surface area contributed by atoms with Gasteiger partial charge in [-0.05, 0) is 62.8 Å². The second-order valence-corrected chi connectivity index (χ2v) is 8.51. The molecule has 0 bridgehead atoms. The molecule has 3 fully saturated rings. The summed E-state index contributed by atoms with van der Waals surface area (Å²) in [6, 6.07) is 6.74. The van der Waals surface area contributed by atoms with Crippen molar-refractivity contribution >= 4 is 11.8 Å². The standard InChI is InChI=1S/C22H30FN3O2/c23-19-7-3-16(4-8-19)14-24-21(27)18-2-1-11-26(15-18)20-9-12-25(13-10-20)22(28)17-5-6-17/h3-4,7-8,17-18,20H,1-2,5-6,9-15H2,(H,24,27)/t18-/m0/s1. The van der Waals surface area contributed by atoms with Crippen LogP contribution < -0.4 is 5.32 Å². The van der Waals surface area contributed by atoms with Crippen molar-refractivity contribution in [2.75, 3.05) is 26.2 Å². The first kappa shape index (κ1) is 19.4. The summed E-state index contributed by atoms with van der Waals surface area (Å²) in [5, 5.41) is 3.01. The molecule has 0 aromatic heterocycles. The number of piperidine rings is 2. The van der Waals surface area contributed by atoms with Crippen LogP contribution in [0.3, 0.4) is 0 Å². The maximum atomic E-state index is 13.0. The third kappa shape index (κ3) is 4.72. The summed E-state index contributed by atoms with van der Waals surface area (Å²) in [6.45, 7) is 4.01. The molecule has 2 heterocycles. The van der Waals surface area contributed by atoms with Crippen LogP contribution >= 0.6 is 0 Å². The molecule has 2 amide bonds. The van der Waals surface area contributed by atoms with Gasteiger partial charge in [-0.2, -0.15) is 0 Å². The summed E-state index contributed by atoms with van der Waals surface area (Å²) in [5.74, 6) is 0.509. The topological polar surface area (TPSA) is 52.7 Å². The number of halogens is 1. The third-order valence-electron chi connectivity index (χ3n) is 6.42. The van der Waals surface area contributed by atoms with E-state index in [1.165, 1.54) is 12.1 Å². The Bertz CT molecular complexity index is 696. The van der Waals surface area contributed by atoms with E-state index in [2.05, 4.69) is 10.2 Å². The fourth-order valence-electron chi connectivity index (χ4n) is 4.53. The van der Waals surface area contributed by atoms with Gasteiger partial charge in [-0.3, -0.25) is 14.5 Å². The Morgan fingerprint density at radius 3 is 2.36 bits per heavy atom. The van der Waals surface area contributed by atoms with E-state index in [-0.39, 0.29) is 17.6 Å². The van der Waals surface area contributed by atoms with Crippen LogP contribution in [0.5, 0.6) is 0 Å². The van der Waals surface area contributed by atoms with E-state index in [0.717, 1.165) is 70.3 Å². The van der Waals surface area contributed by atoms with Gasteiger partial charge in [0.15, 0.2) is 0 Å². The zero-order valence-corrected chi connectivity index (χ0v) is 16.4. The van der Waals surface area contributed by atoms with E-state index in [1.54, 1.807) is 12.1 Å². The normalized spacial score (nSPS) is 24.2. The number of rotatable bonds is 5. The molecule has 5 nitrogen and oxygen atoms in total. The average molecular weight is 387 g/mol.